The van der Waals surface area contributed by atoms with E-state index in [1.165, 1.54) is 0 Å². The largest absolute Gasteiger partial charge is 0.244 e. The second-order valence-corrected chi connectivity index (χ2v) is 3.99. The van der Waals surface area contributed by atoms with Gasteiger partial charge in [0.05, 0.1) is 17.1 Å². The first-order valence-electron chi connectivity index (χ1n) is 5.57. The minimum atomic E-state index is 0.669. The Morgan fingerprint density at radius 3 is 2.50 bits per heavy atom. The molecule has 0 radical (unpaired) electrons. The number of aromatic nitrogens is 2. The molecule has 3 heteroatoms. The highest BCUT2D eigenvalue weighted by Gasteiger charge is 2.00. The number of benzene rings is 2. The summed E-state index contributed by atoms with van der Waals surface area (Å²) < 4.78 is 0. The lowest BCUT2D eigenvalue weighted by molar-refractivity contribution is 1.22. The van der Waals surface area contributed by atoms with E-state index in [1.807, 2.05) is 36.4 Å². The molecule has 0 amide bonds. The molecular formula is C15H9N3. The van der Waals surface area contributed by atoms with Crippen molar-refractivity contribution in [2.75, 3.05) is 0 Å². The SMILES string of the molecule is N#Cc1ccc(-c2ccc3ncncc3c2)cc1. The quantitative estimate of drug-likeness (QED) is 0.646. The summed E-state index contributed by atoms with van der Waals surface area (Å²) >= 11 is 0. The van der Waals surface area contributed by atoms with Crippen molar-refractivity contribution in [2.24, 2.45) is 0 Å². The number of nitriles is 1. The van der Waals surface area contributed by atoms with E-state index < -0.39 is 0 Å². The Balaban J connectivity index is 2.10. The van der Waals surface area contributed by atoms with Crippen molar-refractivity contribution in [1.82, 2.24) is 9.97 Å². The van der Waals surface area contributed by atoms with Crippen molar-refractivity contribution < 1.29 is 0 Å². The molecule has 0 N–H and O–H groups in total. The zero-order valence-electron chi connectivity index (χ0n) is 9.54. The van der Waals surface area contributed by atoms with Crippen LogP contribution in [0.2, 0.25) is 0 Å². The highest BCUT2D eigenvalue weighted by Crippen LogP contribution is 2.23. The first-order valence-corrected chi connectivity index (χ1v) is 5.57. The fourth-order valence-corrected chi connectivity index (χ4v) is 1.90. The zero-order chi connectivity index (χ0) is 12.4. The molecule has 18 heavy (non-hydrogen) atoms. The van der Waals surface area contributed by atoms with Crippen LogP contribution in [0.5, 0.6) is 0 Å². The van der Waals surface area contributed by atoms with Gasteiger partial charge in [-0.15, -0.1) is 0 Å². The van der Waals surface area contributed by atoms with E-state index in [2.05, 4.69) is 22.1 Å². The van der Waals surface area contributed by atoms with E-state index >= 15 is 0 Å². The molecule has 3 nitrogen and oxygen atoms in total. The lowest BCUT2D eigenvalue weighted by Crippen LogP contribution is -1.83. The average molecular weight is 231 g/mol. The number of rotatable bonds is 1. The van der Waals surface area contributed by atoms with Crippen LogP contribution in [-0.4, -0.2) is 9.97 Å². The van der Waals surface area contributed by atoms with Crippen molar-refractivity contribution in [3.05, 3.63) is 60.6 Å². The van der Waals surface area contributed by atoms with Gasteiger partial charge in [0.15, 0.2) is 0 Å². The van der Waals surface area contributed by atoms with Gasteiger partial charge in [0.2, 0.25) is 0 Å². The maximum atomic E-state index is 8.77. The summed E-state index contributed by atoms with van der Waals surface area (Å²) in [6, 6.07) is 15.7. The summed E-state index contributed by atoms with van der Waals surface area (Å²) in [6.45, 7) is 0. The highest BCUT2D eigenvalue weighted by molar-refractivity contribution is 5.83. The molecule has 3 rings (SSSR count). The van der Waals surface area contributed by atoms with Gasteiger partial charge < -0.3 is 0 Å². The van der Waals surface area contributed by atoms with Gasteiger partial charge in [0.25, 0.3) is 0 Å². The summed E-state index contributed by atoms with van der Waals surface area (Å²) in [7, 11) is 0. The van der Waals surface area contributed by atoms with E-state index in [1.54, 1.807) is 12.5 Å². The monoisotopic (exact) mass is 231 g/mol. The van der Waals surface area contributed by atoms with Crippen LogP contribution in [0.3, 0.4) is 0 Å². The van der Waals surface area contributed by atoms with Crippen LogP contribution >= 0.6 is 0 Å². The molecule has 1 aromatic heterocycles. The third-order valence-corrected chi connectivity index (χ3v) is 2.85. The van der Waals surface area contributed by atoms with Gasteiger partial charge in [-0.3, -0.25) is 0 Å². The van der Waals surface area contributed by atoms with Gasteiger partial charge in [-0.1, -0.05) is 18.2 Å². The minimum absolute atomic E-state index is 0.669. The Morgan fingerprint density at radius 2 is 1.72 bits per heavy atom. The molecule has 0 spiro atoms. The number of nitrogens with zero attached hydrogens (tertiary/aromatic N) is 3. The Kier molecular flexibility index (Phi) is 2.47. The van der Waals surface area contributed by atoms with Crippen molar-refractivity contribution in [1.29, 1.82) is 5.26 Å². The molecule has 0 aliphatic heterocycles. The Labute approximate surface area is 104 Å². The highest BCUT2D eigenvalue weighted by atomic mass is 14.8. The summed E-state index contributed by atoms with van der Waals surface area (Å²) in [6.07, 6.45) is 3.35. The van der Waals surface area contributed by atoms with Crippen molar-refractivity contribution >= 4 is 10.9 Å². The molecule has 1 heterocycles. The molecule has 84 valence electrons. The normalized spacial score (nSPS) is 10.2. The average Bonchev–Trinajstić information content (AvgIpc) is 2.47. The van der Waals surface area contributed by atoms with Gasteiger partial charge >= 0.3 is 0 Å². The van der Waals surface area contributed by atoms with Crippen LogP contribution in [0.25, 0.3) is 22.0 Å². The molecule has 2 aromatic carbocycles. The first-order chi connectivity index (χ1) is 8.86. The number of hydrogen-bond donors (Lipinski definition) is 0. The fraction of sp³-hybridized carbons (Fsp3) is 0. The van der Waals surface area contributed by atoms with Crippen molar-refractivity contribution in [3.63, 3.8) is 0 Å². The van der Waals surface area contributed by atoms with Crippen LogP contribution in [0.15, 0.2) is 55.0 Å². The Bertz CT molecular complexity index is 740. The first kappa shape index (κ1) is 10.4. The lowest BCUT2D eigenvalue weighted by Gasteiger charge is -2.03. The minimum Gasteiger partial charge on any atom is -0.244 e. The third kappa shape index (κ3) is 1.80. The van der Waals surface area contributed by atoms with E-state index in [0.29, 0.717) is 5.56 Å². The standard InChI is InChI=1S/C15H9N3/c16-8-11-1-3-12(4-2-11)13-5-6-15-14(7-13)9-17-10-18-15/h1-7,9-10H. The van der Waals surface area contributed by atoms with Crippen LogP contribution in [0.4, 0.5) is 0 Å². The van der Waals surface area contributed by atoms with Crippen LogP contribution < -0.4 is 0 Å². The van der Waals surface area contributed by atoms with Gasteiger partial charge in [-0.25, -0.2) is 9.97 Å². The third-order valence-electron chi connectivity index (χ3n) is 2.85. The van der Waals surface area contributed by atoms with Crippen molar-refractivity contribution in [2.45, 2.75) is 0 Å². The number of hydrogen-bond acceptors (Lipinski definition) is 3. The van der Waals surface area contributed by atoms with Gasteiger partial charge in [-0.2, -0.15) is 5.26 Å². The Hall–Kier alpha value is -2.73. The maximum Gasteiger partial charge on any atom is 0.116 e. The lowest BCUT2D eigenvalue weighted by atomic mass is 10.0. The predicted molar refractivity (Wildman–Crippen MR) is 69.7 cm³/mol. The van der Waals surface area contributed by atoms with E-state index in [4.69, 9.17) is 5.26 Å². The topological polar surface area (TPSA) is 49.6 Å². The molecule has 3 aromatic rings. The molecule has 0 bridgehead atoms. The summed E-state index contributed by atoms with van der Waals surface area (Å²) in [5, 5.41) is 9.79. The van der Waals surface area contributed by atoms with Crippen LogP contribution in [0, 0.1) is 11.3 Å². The molecule has 0 saturated heterocycles. The molecule has 0 atom stereocenters. The van der Waals surface area contributed by atoms with E-state index in [-0.39, 0.29) is 0 Å². The van der Waals surface area contributed by atoms with Gasteiger partial charge in [0.1, 0.15) is 6.33 Å². The van der Waals surface area contributed by atoms with E-state index in [0.717, 1.165) is 22.0 Å². The summed E-state index contributed by atoms with van der Waals surface area (Å²) in [5.74, 6) is 0. The molecule has 0 aliphatic carbocycles. The molecule has 0 unspecified atom stereocenters. The van der Waals surface area contributed by atoms with Gasteiger partial charge in [0, 0.05) is 11.6 Å². The van der Waals surface area contributed by atoms with Crippen LogP contribution in [-0.2, 0) is 0 Å². The van der Waals surface area contributed by atoms with Crippen molar-refractivity contribution in [3.8, 4) is 17.2 Å². The predicted octanol–water partition coefficient (Wildman–Crippen LogP) is 3.17. The maximum absolute atomic E-state index is 8.77. The van der Waals surface area contributed by atoms with Gasteiger partial charge in [-0.05, 0) is 35.4 Å². The second-order valence-electron chi connectivity index (χ2n) is 3.99. The molecule has 0 aliphatic rings. The van der Waals surface area contributed by atoms with Crippen LogP contribution in [0.1, 0.15) is 5.56 Å². The molecule has 0 saturated carbocycles. The molecular weight excluding hydrogens is 222 g/mol. The second kappa shape index (κ2) is 4.27. The summed E-state index contributed by atoms with van der Waals surface area (Å²) in [5.41, 5.74) is 3.78. The number of fused-ring (bicyclic) bond motifs is 1. The summed E-state index contributed by atoms with van der Waals surface area (Å²) in [4.78, 5) is 8.21. The van der Waals surface area contributed by atoms with E-state index in [9.17, 15) is 0 Å². The molecule has 0 fully saturated rings. The smallest absolute Gasteiger partial charge is 0.116 e. The Morgan fingerprint density at radius 1 is 0.944 bits per heavy atom. The fourth-order valence-electron chi connectivity index (χ4n) is 1.90. The zero-order valence-corrected chi connectivity index (χ0v) is 9.54.